The topological polar surface area (TPSA) is 67.9 Å². The Kier molecular flexibility index (Phi) is 5.20. The Hall–Kier alpha value is -2.51. The number of rotatable bonds is 5. The molecule has 1 heterocycles. The van der Waals surface area contributed by atoms with Crippen LogP contribution < -0.4 is 19.7 Å². The van der Waals surface area contributed by atoms with E-state index in [0.29, 0.717) is 17.2 Å². The molecule has 6 nitrogen and oxygen atoms in total. The van der Waals surface area contributed by atoms with Crippen molar-refractivity contribution in [2.45, 2.75) is 0 Å². The summed E-state index contributed by atoms with van der Waals surface area (Å²) in [5.74, 6) is -0.330. The van der Waals surface area contributed by atoms with E-state index in [1.807, 2.05) is 12.1 Å². The van der Waals surface area contributed by atoms with Gasteiger partial charge in [0.25, 0.3) is 11.8 Å². The van der Waals surface area contributed by atoms with Crippen molar-refractivity contribution in [2.75, 3.05) is 24.4 Å². The Morgan fingerprint density at radius 2 is 1.69 bits per heavy atom. The number of hydrogen-bond acceptors (Lipinski definition) is 5. The summed E-state index contributed by atoms with van der Waals surface area (Å²) in [5.41, 5.74) is 0.928. The highest BCUT2D eigenvalue weighted by Gasteiger charge is 2.40. The van der Waals surface area contributed by atoms with Crippen LogP contribution in [0, 0.1) is 0 Å². The lowest BCUT2D eigenvalue weighted by atomic mass is 10.2. The SMILES string of the molecule is COc1ccc(N2C(=O)C(Cl)=C(Nc3ccc(Br)cc3)C2=O)c(OC)c1. The van der Waals surface area contributed by atoms with Crippen LogP contribution in [0.3, 0.4) is 0 Å². The minimum atomic E-state index is -0.625. The molecule has 8 heteroatoms. The molecule has 0 atom stereocenters. The van der Waals surface area contributed by atoms with Gasteiger partial charge >= 0.3 is 0 Å². The summed E-state index contributed by atoms with van der Waals surface area (Å²) in [4.78, 5) is 26.4. The fourth-order valence-corrected chi connectivity index (χ4v) is 2.95. The Morgan fingerprint density at radius 3 is 2.31 bits per heavy atom. The number of hydrogen-bond donors (Lipinski definition) is 1. The third-order valence-electron chi connectivity index (χ3n) is 3.77. The van der Waals surface area contributed by atoms with Crippen LogP contribution in [-0.2, 0) is 9.59 Å². The van der Waals surface area contributed by atoms with E-state index in [4.69, 9.17) is 21.1 Å². The number of halogens is 2. The van der Waals surface area contributed by atoms with Gasteiger partial charge < -0.3 is 14.8 Å². The van der Waals surface area contributed by atoms with E-state index in [2.05, 4.69) is 21.2 Å². The highest BCUT2D eigenvalue weighted by molar-refractivity contribution is 9.10. The molecule has 0 unspecified atom stereocenters. The molecule has 0 bridgehead atoms. The molecule has 0 radical (unpaired) electrons. The third-order valence-corrected chi connectivity index (χ3v) is 4.65. The Labute approximate surface area is 163 Å². The van der Waals surface area contributed by atoms with Gasteiger partial charge in [0.05, 0.1) is 19.9 Å². The lowest BCUT2D eigenvalue weighted by Gasteiger charge is -2.18. The van der Waals surface area contributed by atoms with Crippen LogP contribution in [0.2, 0.25) is 0 Å². The van der Waals surface area contributed by atoms with Crippen molar-refractivity contribution in [3.63, 3.8) is 0 Å². The number of anilines is 2. The fraction of sp³-hybridized carbons (Fsp3) is 0.111. The number of amides is 2. The number of carbonyl (C=O) groups is 2. The second-order valence-electron chi connectivity index (χ2n) is 5.30. The van der Waals surface area contributed by atoms with Crippen LogP contribution in [0.1, 0.15) is 0 Å². The number of carbonyl (C=O) groups excluding carboxylic acids is 2. The lowest BCUT2D eigenvalue weighted by molar-refractivity contribution is -0.120. The lowest BCUT2D eigenvalue weighted by Crippen LogP contribution is -2.32. The number of imide groups is 1. The van der Waals surface area contributed by atoms with Crippen LogP contribution >= 0.6 is 27.5 Å². The molecule has 0 saturated heterocycles. The van der Waals surface area contributed by atoms with E-state index >= 15 is 0 Å². The quantitative estimate of drug-likeness (QED) is 0.719. The van der Waals surface area contributed by atoms with E-state index in [1.165, 1.54) is 14.2 Å². The largest absolute Gasteiger partial charge is 0.497 e. The zero-order valence-electron chi connectivity index (χ0n) is 13.9. The molecule has 1 N–H and O–H groups in total. The number of benzene rings is 2. The summed E-state index contributed by atoms with van der Waals surface area (Å²) >= 11 is 9.47. The summed E-state index contributed by atoms with van der Waals surface area (Å²) in [7, 11) is 2.96. The maximum Gasteiger partial charge on any atom is 0.283 e. The fourth-order valence-electron chi connectivity index (χ4n) is 2.48. The highest BCUT2D eigenvalue weighted by Crippen LogP contribution is 2.37. The average Bonchev–Trinajstić information content (AvgIpc) is 2.86. The number of nitrogens with one attached hydrogen (secondary N) is 1. The average molecular weight is 438 g/mol. The molecule has 0 spiro atoms. The Balaban J connectivity index is 1.94. The van der Waals surface area contributed by atoms with Gasteiger partial charge in [-0.3, -0.25) is 9.59 Å². The number of nitrogens with zero attached hydrogens (tertiary/aromatic N) is 1. The predicted octanol–water partition coefficient (Wildman–Crippen LogP) is 3.90. The summed E-state index contributed by atoms with van der Waals surface area (Å²) < 4.78 is 11.3. The summed E-state index contributed by atoms with van der Waals surface area (Å²) in [6, 6.07) is 11.9. The molecule has 2 aromatic carbocycles. The van der Waals surface area contributed by atoms with Gasteiger partial charge in [0.15, 0.2) is 0 Å². The van der Waals surface area contributed by atoms with Crippen LogP contribution in [0.25, 0.3) is 0 Å². The molecule has 0 fully saturated rings. The van der Waals surface area contributed by atoms with Crippen molar-refractivity contribution >= 4 is 50.7 Å². The van der Waals surface area contributed by atoms with Gasteiger partial charge in [-0.1, -0.05) is 27.5 Å². The summed E-state index contributed by atoms with van der Waals surface area (Å²) in [6.07, 6.45) is 0. The molecule has 0 aromatic heterocycles. The van der Waals surface area contributed by atoms with Crippen molar-refractivity contribution in [3.8, 4) is 11.5 Å². The molecule has 3 rings (SSSR count). The van der Waals surface area contributed by atoms with Gasteiger partial charge in [0.1, 0.15) is 22.2 Å². The van der Waals surface area contributed by atoms with Gasteiger partial charge in [0.2, 0.25) is 0 Å². The second kappa shape index (κ2) is 7.39. The minimum absolute atomic E-state index is 0.0110. The highest BCUT2D eigenvalue weighted by atomic mass is 79.9. The van der Waals surface area contributed by atoms with Crippen molar-refractivity contribution in [1.29, 1.82) is 0 Å². The first-order valence-corrected chi connectivity index (χ1v) is 8.66. The van der Waals surface area contributed by atoms with Crippen molar-refractivity contribution in [2.24, 2.45) is 0 Å². The molecule has 2 aromatic rings. The first kappa shape index (κ1) is 18.3. The monoisotopic (exact) mass is 436 g/mol. The van der Waals surface area contributed by atoms with Gasteiger partial charge in [-0.05, 0) is 36.4 Å². The first-order chi connectivity index (χ1) is 12.5. The molecule has 1 aliphatic rings. The van der Waals surface area contributed by atoms with Gasteiger partial charge in [0, 0.05) is 16.2 Å². The maximum absolute atomic E-state index is 12.8. The zero-order valence-corrected chi connectivity index (χ0v) is 16.2. The molecule has 2 amide bonds. The van der Waals surface area contributed by atoms with E-state index in [-0.39, 0.29) is 16.4 Å². The standard InChI is InChI=1S/C18H14BrClN2O4/c1-25-12-7-8-13(14(9-12)26-2)22-17(23)15(20)16(18(22)24)21-11-5-3-10(19)4-6-11/h3-9,21H,1-2H3. The van der Waals surface area contributed by atoms with Crippen LogP contribution in [0.15, 0.2) is 57.7 Å². The number of methoxy groups -OCH3 is 2. The molecule has 134 valence electrons. The summed E-state index contributed by atoms with van der Waals surface area (Å²) in [6.45, 7) is 0. The summed E-state index contributed by atoms with van der Waals surface area (Å²) in [5, 5.41) is 2.72. The van der Waals surface area contributed by atoms with E-state index in [0.717, 1.165) is 9.37 Å². The molecule has 1 aliphatic heterocycles. The smallest absolute Gasteiger partial charge is 0.283 e. The maximum atomic E-state index is 12.8. The van der Waals surface area contributed by atoms with Gasteiger partial charge in [-0.15, -0.1) is 0 Å². The molecular formula is C18H14BrClN2O4. The molecular weight excluding hydrogens is 424 g/mol. The Morgan fingerprint density at radius 1 is 1.00 bits per heavy atom. The van der Waals surface area contributed by atoms with Crippen LogP contribution in [0.5, 0.6) is 11.5 Å². The predicted molar refractivity (Wildman–Crippen MR) is 103 cm³/mol. The van der Waals surface area contributed by atoms with E-state index < -0.39 is 11.8 Å². The molecule has 0 aliphatic carbocycles. The van der Waals surface area contributed by atoms with Crippen LogP contribution in [-0.4, -0.2) is 26.0 Å². The van der Waals surface area contributed by atoms with Gasteiger partial charge in [-0.2, -0.15) is 0 Å². The number of ether oxygens (including phenoxy) is 2. The molecule has 26 heavy (non-hydrogen) atoms. The zero-order chi connectivity index (χ0) is 18.8. The Bertz CT molecular complexity index is 912. The van der Waals surface area contributed by atoms with Crippen molar-refractivity contribution in [1.82, 2.24) is 0 Å². The molecule has 0 saturated carbocycles. The normalized spacial score (nSPS) is 14.1. The second-order valence-corrected chi connectivity index (χ2v) is 6.60. The third kappa shape index (κ3) is 3.27. The minimum Gasteiger partial charge on any atom is -0.497 e. The first-order valence-electron chi connectivity index (χ1n) is 7.49. The van der Waals surface area contributed by atoms with Gasteiger partial charge in [-0.25, -0.2) is 4.90 Å². The van der Waals surface area contributed by atoms with E-state index in [9.17, 15) is 9.59 Å². The van der Waals surface area contributed by atoms with Crippen LogP contribution in [0.4, 0.5) is 11.4 Å². The van der Waals surface area contributed by atoms with Crippen molar-refractivity contribution < 1.29 is 19.1 Å². The van der Waals surface area contributed by atoms with Crippen molar-refractivity contribution in [3.05, 3.63) is 57.7 Å². The van der Waals surface area contributed by atoms with E-state index in [1.54, 1.807) is 30.3 Å².